The first kappa shape index (κ1) is 14.2. The van der Waals surface area contributed by atoms with Gasteiger partial charge in [-0.3, -0.25) is 0 Å². The van der Waals surface area contributed by atoms with Crippen LogP contribution in [-0.4, -0.2) is 37.8 Å². The summed E-state index contributed by atoms with van der Waals surface area (Å²) in [5.74, 6) is 0.849. The SMILES string of the molecule is COCC(C)CNCCCCC(N)=NO. The van der Waals surface area contributed by atoms with Gasteiger partial charge in [-0.05, 0) is 31.8 Å². The van der Waals surface area contributed by atoms with Crippen LogP contribution in [-0.2, 0) is 4.74 Å². The minimum atomic E-state index is 0.308. The van der Waals surface area contributed by atoms with E-state index in [4.69, 9.17) is 15.7 Å². The maximum Gasteiger partial charge on any atom is 0.139 e. The standard InChI is InChI=1S/C10H23N3O2/c1-9(8-15-2)7-12-6-4-3-5-10(11)13-14/h9,12,14H,3-8H2,1-2H3,(H2,11,13). The summed E-state index contributed by atoms with van der Waals surface area (Å²) < 4.78 is 5.03. The number of hydrogen-bond donors (Lipinski definition) is 3. The van der Waals surface area contributed by atoms with Crippen LogP contribution < -0.4 is 11.1 Å². The number of nitrogens with two attached hydrogens (primary N) is 1. The van der Waals surface area contributed by atoms with Gasteiger partial charge in [0, 0.05) is 20.1 Å². The van der Waals surface area contributed by atoms with E-state index in [0.29, 0.717) is 18.2 Å². The molecule has 4 N–H and O–H groups in total. The minimum absolute atomic E-state index is 0.308. The smallest absolute Gasteiger partial charge is 0.139 e. The molecule has 0 aromatic rings. The van der Waals surface area contributed by atoms with Crippen LogP contribution in [0.3, 0.4) is 0 Å². The van der Waals surface area contributed by atoms with Gasteiger partial charge in [-0.2, -0.15) is 0 Å². The zero-order chi connectivity index (χ0) is 11.5. The fourth-order valence-electron chi connectivity index (χ4n) is 1.30. The zero-order valence-corrected chi connectivity index (χ0v) is 9.70. The molecule has 0 saturated carbocycles. The van der Waals surface area contributed by atoms with E-state index in [1.807, 2.05) is 0 Å². The average molecular weight is 217 g/mol. The van der Waals surface area contributed by atoms with Crippen LogP contribution in [0.25, 0.3) is 0 Å². The monoisotopic (exact) mass is 217 g/mol. The molecule has 0 saturated heterocycles. The molecule has 15 heavy (non-hydrogen) atoms. The van der Waals surface area contributed by atoms with Crippen LogP contribution in [0.4, 0.5) is 0 Å². The Hall–Kier alpha value is -0.810. The molecule has 0 radical (unpaired) electrons. The summed E-state index contributed by atoms with van der Waals surface area (Å²) in [6.07, 6.45) is 2.64. The molecule has 0 bridgehead atoms. The molecule has 0 fully saturated rings. The molecule has 0 aliphatic heterocycles. The first-order chi connectivity index (χ1) is 7.20. The number of nitrogens with one attached hydrogen (secondary N) is 1. The highest BCUT2D eigenvalue weighted by molar-refractivity contribution is 5.79. The van der Waals surface area contributed by atoms with E-state index in [1.54, 1.807) is 7.11 Å². The van der Waals surface area contributed by atoms with Crippen LogP contribution in [0, 0.1) is 5.92 Å². The van der Waals surface area contributed by atoms with E-state index >= 15 is 0 Å². The average Bonchev–Trinajstić information content (AvgIpc) is 2.23. The summed E-state index contributed by atoms with van der Waals surface area (Å²) in [4.78, 5) is 0. The first-order valence-corrected chi connectivity index (χ1v) is 5.36. The Morgan fingerprint density at radius 2 is 2.27 bits per heavy atom. The topological polar surface area (TPSA) is 79.9 Å². The highest BCUT2D eigenvalue weighted by atomic mass is 16.5. The van der Waals surface area contributed by atoms with E-state index < -0.39 is 0 Å². The highest BCUT2D eigenvalue weighted by Crippen LogP contribution is 1.95. The molecule has 0 aromatic carbocycles. The summed E-state index contributed by atoms with van der Waals surface area (Å²) in [7, 11) is 1.72. The van der Waals surface area contributed by atoms with Crippen molar-refractivity contribution in [2.45, 2.75) is 26.2 Å². The number of nitrogens with zero attached hydrogens (tertiary/aromatic N) is 1. The Bertz CT molecular complexity index is 174. The van der Waals surface area contributed by atoms with Crippen molar-refractivity contribution < 1.29 is 9.94 Å². The molecule has 1 atom stereocenters. The third-order valence-corrected chi connectivity index (χ3v) is 2.11. The Morgan fingerprint density at radius 3 is 2.87 bits per heavy atom. The maximum atomic E-state index is 8.30. The van der Waals surface area contributed by atoms with Gasteiger partial charge in [0.1, 0.15) is 5.84 Å². The van der Waals surface area contributed by atoms with Gasteiger partial charge in [-0.15, -0.1) is 0 Å². The van der Waals surface area contributed by atoms with Crippen molar-refractivity contribution in [3.05, 3.63) is 0 Å². The lowest BCUT2D eigenvalue weighted by Crippen LogP contribution is -2.25. The van der Waals surface area contributed by atoms with Crippen molar-refractivity contribution in [2.24, 2.45) is 16.8 Å². The molecular formula is C10H23N3O2. The van der Waals surface area contributed by atoms with Gasteiger partial charge >= 0.3 is 0 Å². The van der Waals surface area contributed by atoms with Crippen molar-refractivity contribution in [1.29, 1.82) is 0 Å². The van der Waals surface area contributed by atoms with E-state index in [0.717, 1.165) is 32.5 Å². The number of rotatable bonds is 9. The second-order valence-corrected chi connectivity index (χ2v) is 3.81. The van der Waals surface area contributed by atoms with Gasteiger partial charge < -0.3 is 21.0 Å². The molecule has 0 aliphatic rings. The van der Waals surface area contributed by atoms with Crippen LogP contribution in [0.2, 0.25) is 0 Å². The number of hydrogen-bond acceptors (Lipinski definition) is 4. The maximum absolute atomic E-state index is 8.30. The van der Waals surface area contributed by atoms with E-state index in [1.165, 1.54) is 0 Å². The van der Waals surface area contributed by atoms with Crippen LogP contribution in [0.5, 0.6) is 0 Å². The number of ether oxygens (including phenoxy) is 1. The zero-order valence-electron chi connectivity index (χ0n) is 9.70. The van der Waals surface area contributed by atoms with Crippen molar-refractivity contribution in [1.82, 2.24) is 5.32 Å². The Balaban J connectivity index is 3.18. The third kappa shape index (κ3) is 9.49. The minimum Gasteiger partial charge on any atom is -0.409 e. The van der Waals surface area contributed by atoms with Crippen LogP contribution in [0.15, 0.2) is 5.16 Å². The molecule has 90 valence electrons. The van der Waals surface area contributed by atoms with E-state index in [2.05, 4.69) is 17.4 Å². The normalized spacial score (nSPS) is 14.1. The van der Waals surface area contributed by atoms with Gasteiger partial charge in [0.15, 0.2) is 0 Å². The number of methoxy groups -OCH3 is 1. The van der Waals surface area contributed by atoms with Crippen molar-refractivity contribution >= 4 is 5.84 Å². The van der Waals surface area contributed by atoms with Gasteiger partial charge in [-0.25, -0.2) is 0 Å². The molecule has 0 aromatic heterocycles. The second kappa shape index (κ2) is 9.73. The first-order valence-electron chi connectivity index (χ1n) is 5.36. The molecular weight excluding hydrogens is 194 g/mol. The molecule has 0 heterocycles. The van der Waals surface area contributed by atoms with Crippen LogP contribution in [0.1, 0.15) is 26.2 Å². The highest BCUT2D eigenvalue weighted by Gasteiger charge is 1.99. The van der Waals surface area contributed by atoms with Gasteiger partial charge in [0.25, 0.3) is 0 Å². The largest absolute Gasteiger partial charge is 0.409 e. The molecule has 1 unspecified atom stereocenters. The number of oxime groups is 1. The quantitative estimate of drug-likeness (QED) is 0.175. The molecule has 5 heteroatoms. The Kier molecular flexibility index (Phi) is 9.21. The molecule has 5 nitrogen and oxygen atoms in total. The number of unbranched alkanes of at least 4 members (excludes halogenated alkanes) is 1. The Morgan fingerprint density at radius 1 is 1.53 bits per heavy atom. The molecule has 0 rings (SSSR count). The fraction of sp³-hybridized carbons (Fsp3) is 0.900. The lowest BCUT2D eigenvalue weighted by molar-refractivity contribution is 0.158. The van der Waals surface area contributed by atoms with Gasteiger partial charge in [0.2, 0.25) is 0 Å². The van der Waals surface area contributed by atoms with Crippen molar-refractivity contribution in [3.8, 4) is 0 Å². The van der Waals surface area contributed by atoms with Gasteiger partial charge in [0.05, 0.1) is 0 Å². The predicted molar refractivity (Wildman–Crippen MR) is 61.2 cm³/mol. The second-order valence-electron chi connectivity index (χ2n) is 3.81. The van der Waals surface area contributed by atoms with Crippen molar-refractivity contribution in [3.63, 3.8) is 0 Å². The summed E-state index contributed by atoms with van der Waals surface area (Å²) in [5, 5.41) is 14.6. The molecule has 0 aliphatic carbocycles. The number of amidine groups is 1. The Labute approximate surface area is 91.7 Å². The lowest BCUT2D eigenvalue weighted by Gasteiger charge is -2.10. The molecule has 0 spiro atoms. The predicted octanol–water partition coefficient (Wildman–Crippen LogP) is 0.775. The lowest BCUT2D eigenvalue weighted by atomic mass is 10.2. The third-order valence-electron chi connectivity index (χ3n) is 2.11. The van der Waals surface area contributed by atoms with Gasteiger partial charge in [-0.1, -0.05) is 12.1 Å². The van der Waals surface area contributed by atoms with Crippen molar-refractivity contribution in [2.75, 3.05) is 26.8 Å². The summed E-state index contributed by atoms with van der Waals surface area (Å²) in [6, 6.07) is 0. The van der Waals surface area contributed by atoms with E-state index in [-0.39, 0.29) is 0 Å². The van der Waals surface area contributed by atoms with E-state index in [9.17, 15) is 0 Å². The fourth-order valence-corrected chi connectivity index (χ4v) is 1.30. The van der Waals surface area contributed by atoms with Crippen LogP contribution >= 0.6 is 0 Å². The summed E-state index contributed by atoms with van der Waals surface area (Å²) >= 11 is 0. The summed E-state index contributed by atoms with van der Waals surface area (Å²) in [6.45, 7) is 4.87. The summed E-state index contributed by atoms with van der Waals surface area (Å²) in [5.41, 5.74) is 5.34. The molecule has 0 amide bonds.